The largest absolute Gasteiger partial charge is 0.389 e. The van der Waals surface area contributed by atoms with Crippen molar-refractivity contribution in [1.29, 1.82) is 5.26 Å². The van der Waals surface area contributed by atoms with Gasteiger partial charge in [-0.15, -0.1) is 0 Å². The molecule has 0 amide bonds. The van der Waals surface area contributed by atoms with Gasteiger partial charge in [-0.3, -0.25) is 4.90 Å². The second kappa shape index (κ2) is 9.30. The Morgan fingerprint density at radius 1 is 1.12 bits per heavy atom. The van der Waals surface area contributed by atoms with Crippen LogP contribution in [0.1, 0.15) is 11.1 Å². The van der Waals surface area contributed by atoms with E-state index in [0.717, 1.165) is 37.6 Å². The molecule has 0 bridgehead atoms. The van der Waals surface area contributed by atoms with Crippen LogP contribution in [0.3, 0.4) is 0 Å². The van der Waals surface area contributed by atoms with Crippen LogP contribution < -0.4 is 4.90 Å². The molecule has 1 aromatic heterocycles. The summed E-state index contributed by atoms with van der Waals surface area (Å²) in [6.07, 6.45) is 1.12. The normalized spacial score (nSPS) is 16.2. The molecule has 6 nitrogen and oxygen atoms in total. The minimum atomic E-state index is -0.488. The number of piperazine rings is 1. The topological polar surface area (TPSA) is 72.6 Å². The number of rotatable bonds is 7. The quantitative estimate of drug-likeness (QED) is 0.817. The minimum Gasteiger partial charge on any atom is -0.389 e. The second-order valence-electron chi connectivity index (χ2n) is 6.46. The summed E-state index contributed by atoms with van der Waals surface area (Å²) < 4.78 is 5.61. The highest BCUT2D eigenvalue weighted by atomic mass is 16.5. The first kappa shape index (κ1) is 18.3. The summed E-state index contributed by atoms with van der Waals surface area (Å²) in [5.74, 6) is 0.899. The fraction of sp³-hybridized carbons (Fsp3) is 0.400. The molecule has 0 aliphatic carbocycles. The first-order valence-corrected chi connectivity index (χ1v) is 8.88. The van der Waals surface area contributed by atoms with Crippen molar-refractivity contribution in [3.05, 3.63) is 59.8 Å². The molecule has 0 spiro atoms. The molecule has 1 unspecified atom stereocenters. The first-order valence-electron chi connectivity index (χ1n) is 8.88. The minimum absolute atomic E-state index is 0.340. The number of aromatic nitrogens is 1. The Labute approximate surface area is 154 Å². The zero-order chi connectivity index (χ0) is 18.2. The maximum Gasteiger partial charge on any atom is 0.128 e. The number of nitrogens with zero attached hydrogens (tertiary/aromatic N) is 4. The van der Waals surface area contributed by atoms with Crippen LogP contribution in [-0.4, -0.2) is 60.4 Å². The molecule has 1 saturated heterocycles. The Morgan fingerprint density at radius 3 is 2.54 bits per heavy atom. The van der Waals surface area contributed by atoms with E-state index in [4.69, 9.17) is 10.00 Å². The predicted molar refractivity (Wildman–Crippen MR) is 99.7 cm³/mol. The van der Waals surface area contributed by atoms with Crippen molar-refractivity contribution in [3.8, 4) is 6.07 Å². The highest BCUT2D eigenvalue weighted by molar-refractivity contribution is 5.42. The number of hydrogen-bond donors (Lipinski definition) is 1. The molecule has 3 rings (SSSR count). The van der Waals surface area contributed by atoms with Crippen LogP contribution in [0, 0.1) is 11.3 Å². The third kappa shape index (κ3) is 5.27. The lowest BCUT2D eigenvalue weighted by Gasteiger charge is -2.36. The van der Waals surface area contributed by atoms with Crippen LogP contribution >= 0.6 is 0 Å². The van der Waals surface area contributed by atoms with Crippen molar-refractivity contribution in [2.75, 3.05) is 44.2 Å². The summed E-state index contributed by atoms with van der Waals surface area (Å²) in [7, 11) is 0. The van der Waals surface area contributed by atoms with Crippen LogP contribution in [0.25, 0.3) is 0 Å². The van der Waals surface area contributed by atoms with E-state index in [-0.39, 0.29) is 0 Å². The number of ether oxygens (including phenoxy) is 1. The van der Waals surface area contributed by atoms with Crippen molar-refractivity contribution in [2.24, 2.45) is 0 Å². The summed E-state index contributed by atoms with van der Waals surface area (Å²) in [5, 5.41) is 19.0. The zero-order valence-electron chi connectivity index (χ0n) is 14.8. The Morgan fingerprint density at radius 2 is 1.88 bits per heavy atom. The summed E-state index contributed by atoms with van der Waals surface area (Å²) in [6.45, 7) is 4.94. The van der Waals surface area contributed by atoms with Crippen molar-refractivity contribution in [2.45, 2.75) is 12.7 Å². The SMILES string of the molecule is N#Cc1ccc(N2CCN(CC(O)COCc3ccccc3)CC2)nc1. The van der Waals surface area contributed by atoms with Gasteiger partial charge in [-0.25, -0.2) is 4.98 Å². The van der Waals surface area contributed by atoms with Gasteiger partial charge in [-0.05, 0) is 17.7 Å². The first-order chi connectivity index (χ1) is 12.7. The molecule has 1 atom stereocenters. The molecule has 2 heterocycles. The van der Waals surface area contributed by atoms with Crippen LogP contribution in [0.2, 0.25) is 0 Å². The monoisotopic (exact) mass is 352 g/mol. The second-order valence-corrected chi connectivity index (χ2v) is 6.46. The molecular weight excluding hydrogens is 328 g/mol. The highest BCUT2D eigenvalue weighted by Crippen LogP contribution is 2.14. The van der Waals surface area contributed by atoms with Gasteiger partial charge in [-0.1, -0.05) is 30.3 Å². The van der Waals surface area contributed by atoms with Crippen LogP contribution in [-0.2, 0) is 11.3 Å². The van der Waals surface area contributed by atoms with E-state index in [1.807, 2.05) is 36.4 Å². The third-order valence-corrected chi connectivity index (χ3v) is 4.46. The highest BCUT2D eigenvalue weighted by Gasteiger charge is 2.20. The van der Waals surface area contributed by atoms with Gasteiger partial charge in [0.1, 0.15) is 11.9 Å². The number of β-amino-alcohol motifs (C(OH)–C–C–N with tert-alkyl or cyclic N) is 1. The van der Waals surface area contributed by atoms with Gasteiger partial charge < -0.3 is 14.7 Å². The molecule has 26 heavy (non-hydrogen) atoms. The standard InChI is InChI=1S/C20H24N4O2/c21-12-18-6-7-20(22-13-18)24-10-8-23(9-11-24)14-19(25)16-26-15-17-4-2-1-3-5-17/h1-7,13,19,25H,8-11,14-16H2. The van der Waals surface area contributed by atoms with Gasteiger partial charge in [0, 0.05) is 38.9 Å². The summed E-state index contributed by atoms with van der Waals surface area (Å²) >= 11 is 0. The molecule has 2 aromatic rings. The lowest BCUT2D eigenvalue weighted by atomic mass is 10.2. The number of anilines is 1. The van der Waals surface area contributed by atoms with Crippen molar-refractivity contribution in [3.63, 3.8) is 0 Å². The molecule has 1 aromatic carbocycles. The molecule has 136 valence electrons. The smallest absolute Gasteiger partial charge is 0.128 e. The lowest BCUT2D eigenvalue weighted by Crippen LogP contribution is -2.49. The van der Waals surface area contributed by atoms with Crippen molar-refractivity contribution >= 4 is 5.82 Å². The predicted octanol–water partition coefficient (Wildman–Crippen LogP) is 1.65. The number of aliphatic hydroxyl groups is 1. The Balaban J connectivity index is 1.37. The molecular formula is C20H24N4O2. The maximum atomic E-state index is 10.2. The fourth-order valence-electron chi connectivity index (χ4n) is 3.04. The van der Waals surface area contributed by atoms with Crippen molar-refractivity contribution < 1.29 is 9.84 Å². The molecule has 1 aliphatic heterocycles. The summed E-state index contributed by atoms with van der Waals surface area (Å²) in [4.78, 5) is 8.80. The Bertz CT molecular complexity index is 707. The average molecular weight is 352 g/mol. The Hall–Kier alpha value is -2.46. The van der Waals surface area contributed by atoms with Gasteiger partial charge >= 0.3 is 0 Å². The van der Waals surface area contributed by atoms with Gasteiger partial charge in [0.2, 0.25) is 0 Å². The molecule has 0 radical (unpaired) electrons. The molecule has 1 aliphatic rings. The molecule has 0 saturated carbocycles. The van der Waals surface area contributed by atoms with Gasteiger partial charge in [0.25, 0.3) is 0 Å². The number of hydrogen-bond acceptors (Lipinski definition) is 6. The average Bonchev–Trinajstić information content (AvgIpc) is 2.69. The van der Waals surface area contributed by atoms with E-state index >= 15 is 0 Å². The van der Waals surface area contributed by atoms with E-state index < -0.39 is 6.10 Å². The number of nitriles is 1. The van der Waals surface area contributed by atoms with E-state index in [9.17, 15) is 5.11 Å². The van der Waals surface area contributed by atoms with E-state index in [0.29, 0.717) is 25.3 Å². The van der Waals surface area contributed by atoms with E-state index in [1.54, 1.807) is 12.3 Å². The molecule has 1 fully saturated rings. The maximum absolute atomic E-state index is 10.2. The lowest BCUT2D eigenvalue weighted by molar-refractivity contribution is 0.00912. The fourth-order valence-corrected chi connectivity index (χ4v) is 3.04. The van der Waals surface area contributed by atoms with Crippen LogP contribution in [0.4, 0.5) is 5.82 Å². The summed E-state index contributed by atoms with van der Waals surface area (Å²) in [6, 6.07) is 15.7. The zero-order valence-corrected chi connectivity index (χ0v) is 14.8. The summed E-state index contributed by atoms with van der Waals surface area (Å²) in [5.41, 5.74) is 1.69. The van der Waals surface area contributed by atoms with Gasteiger partial charge in [-0.2, -0.15) is 5.26 Å². The number of aliphatic hydroxyl groups excluding tert-OH is 1. The van der Waals surface area contributed by atoms with E-state index in [1.165, 1.54) is 0 Å². The van der Waals surface area contributed by atoms with Gasteiger partial charge in [0.15, 0.2) is 0 Å². The van der Waals surface area contributed by atoms with E-state index in [2.05, 4.69) is 20.9 Å². The third-order valence-electron chi connectivity index (χ3n) is 4.46. The van der Waals surface area contributed by atoms with Crippen LogP contribution in [0.5, 0.6) is 0 Å². The van der Waals surface area contributed by atoms with Crippen molar-refractivity contribution in [1.82, 2.24) is 9.88 Å². The molecule has 6 heteroatoms. The Kier molecular flexibility index (Phi) is 6.56. The van der Waals surface area contributed by atoms with Gasteiger partial charge in [0.05, 0.1) is 24.9 Å². The van der Waals surface area contributed by atoms with Crippen LogP contribution in [0.15, 0.2) is 48.7 Å². The molecule has 1 N–H and O–H groups in total. The number of benzene rings is 1. The number of pyridine rings is 1.